The fraction of sp³-hybridized carbons (Fsp3) is 0.462. The van der Waals surface area contributed by atoms with E-state index >= 15 is 0 Å². The molecule has 0 N–H and O–H groups in total. The van der Waals surface area contributed by atoms with Gasteiger partial charge >= 0.3 is 0 Å². The maximum absolute atomic E-state index is 13.4. The smallest absolute Gasteiger partial charge is 0.227 e. The van der Waals surface area contributed by atoms with Crippen molar-refractivity contribution in [2.75, 3.05) is 45.2 Å². The highest BCUT2D eigenvalue weighted by molar-refractivity contribution is 5.79. The molecule has 4 heterocycles. The summed E-state index contributed by atoms with van der Waals surface area (Å²) in [5.74, 6) is 3.06. The molecule has 0 bridgehead atoms. The van der Waals surface area contributed by atoms with Gasteiger partial charge in [0.1, 0.15) is 11.6 Å². The van der Waals surface area contributed by atoms with Crippen LogP contribution in [0.1, 0.15) is 23.4 Å². The van der Waals surface area contributed by atoms with Crippen molar-refractivity contribution >= 4 is 11.7 Å². The van der Waals surface area contributed by atoms with E-state index in [2.05, 4.69) is 80.9 Å². The van der Waals surface area contributed by atoms with Crippen molar-refractivity contribution in [3.8, 4) is 11.4 Å². The number of aromatic nitrogens is 4. The third kappa shape index (κ3) is 4.68. The average Bonchev–Trinajstić information content (AvgIpc) is 3.27. The summed E-state index contributed by atoms with van der Waals surface area (Å²) in [4.78, 5) is 24.5. The highest BCUT2D eigenvalue weighted by Crippen LogP contribution is 2.28. The van der Waals surface area contributed by atoms with Crippen molar-refractivity contribution in [2.24, 2.45) is 5.92 Å². The topological polar surface area (TPSA) is 70.4 Å². The number of hydrogen-bond donors (Lipinski definition) is 0. The minimum Gasteiger partial charge on any atom is -0.353 e. The van der Waals surface area contributed by atoms with Crippen molar-refractivity contribution in [2.45, 2.75) is 32.9 Å². The van der Waals surface area contributed by atoms with Crippen molar-refractivity contribution in [3.63, 3.8) is 0 Å². The summed E-state index contributed by atoms with van der Waals surface area (Å²) < 4.78 is 2.15. The van der Waals surface area contributed by atoms with Gasteiger partial charge in [0.05, 0.1) is 5.92 Å². The molecule has 0 saturated carbocycles. The monoisotopic (exact) mass is 459 g/mol. The van der Waals surface area contributed by atoms with E-state index in [1.54, 1.807) is 0 Å². The van der Waals surface area contributed by atoms with Crippen LogP contribution in [0.2, 0.25) is 0 Å². The molecule has 5 rings (SSSR count). The zero-order chi connectivity index (χ0) is 23.7. The minimum atomic E-state index is -0.0259. The zero-order valence-electron chi connectivity index (χ0n) is 20.3. The highest BCUT2D eigenvalue weighted by atomic mass is 16.2. The lowest BCUT2D eigenvalue weighted by atomic mass is 9.97. The molecule has 1 unspecified atom stereocenters. The first-order valence-corrected chi connectivity index (χ1v) is 12.1. The van der Waals surface area contributed by atoms with Gasteiger partial charge in [0.25, 0.3) is 0 Å². The van der Waals surface area contributed by atoms with Gasteiger partial charge in [-0.25, -0.2) is 4.98 Å². The molecule has 0 aliphatic carbocycles. The van der Waals surface area contributed by atoms with Crippen LogP contribution in [0.5, 0.6) is 0 Å². The van der Waals surface area contributed by atoms with E-state index in [-0.39, 0.29) is 11.8 Å². The standard InChI is InChI=1S/C26H33N7O/c1-19-5-4-6-21(15-19)25-29-28-24-10-8-22(18-33(24)25)26(34)32-13-11-31(12-14-32)23-9-7-20(16-27-23)17-30(2)3/h4-7,9,15-16,22H,8,10-14,17-18H2,1-3H3. The number of pyridine rings is 1. The van der Waals surface area contributed by atoms with Gasteiger partial charge in [-0.05, 0) is 45.1 Å². The SMILES string of the molecule is Cc1cccc(-c2nnc3n2CC(C(=O)N2CCN(c4ccc(CN(C)C)cn4)CC2)CC3)c1. The van der Waals surface area contributed by atoms with E-state index in [0.717, 1.165) is 68.6 Å². The van der Waals surface area contributed by atoms with Crippen LogP contribution in [0, 0.1) is 12.8 Å². The lowest BCUT2D eigenvalue weighted by molar-refractivity contribution is -0.136. The van der Waals surface area contributed by atoms with E-state index in [9.17, 15) is 4.79 Å². The van der Waals surface area contributed by atoms with E-state index in [0.29, 0.717) is 6.54 Å². The highest BCUT2D eigenvalue weighted by Gasteiger charge is 2.32. The molecule has 8 heteroatoms. The van der Waals surface area contributed by atoms with Crippen molar-refractivity contribution in [1.29, 1.82) is 0 Å². The van der Waals surface area contributed by atoms with Crippen LogP contribution in [0.3, 0.4) is 0 Å². The number of carbonyl (C=O) groups is 1. The van der Waals surface area contributed by atoms with Crippen molar-refractivity contribution < 1.29 is 4.79 Å². The molecule has 1 aromatic carbocycles. The van der Waals surface area contributed by atoms with Crippen molar-refractivity contribution in [3.05, 3.63) is 59.5 Å². The van der Waals surface area contributed by atoms with E-state index in [1.165, 1.54) is 11.1 Å². The third-order valence-electron chi connectivity index (χ3n) is 6.80. The fourth-order valence-corrected chi connectivity index (χ4v) is 5.00. The van der Waals surface area contributed by atoms with Crippen LogP contribution < -0.4 is 4.90 Å². The summed E-state index contributed by atoms with van der Waals surface area (Å²) >= 11 is 0. The summed E-state index contributed by atoms with van der Waals surface area (Å²) in [5.41, 5.74) is 3.46. The molecular weight excluding hydrogens is 426 g/mol. The number of hydrogen-bond acceptors (Lipinski definition) is 6. The predicted octanol–water partition coefficient (Wildman–Crippen LogP) is 2.62. The van der Waals surface area contributed by atoms with Gasteiger partial charge in [0, 0.05) is 57.4 Å². The molecule has 34 heavy (non-hydrogen) atoms. The first-order chi connectivity index (χ1) is 16.5. The van der Waals surface area contributed by atoms with Gasteiger partial charge in [0.2, 0.25) is 5.91 Å². The van der Waals surface area contributed by atoms with E-state index in [1.807, 2.05) is 17.2 Å². The van der Waals surface area contributed by atoms with Gasteiger partial charge in [0.15, 0.2) is 5.82 Å². The Labute approximate surface area is 201 Å². The number of amides is 1. The number of anilines is 1. The molecule has 2 aromatic heterocycles. The third-order valence-corrected chi connectivity index (χ3v) is 6.80. The maximum atomic E-state index is 13.4. The first-order valence-electron chi connectivity index (χ1n) is 12.1. The number of piperazine rings is 1. The quantitative estimate of drug-likeness (QED) is 0.584. The normalized spacial score (nSPS) is 18.3. The van der Waals surface area contributed by atoms with Crippen LogP contribution in [-0.4, -0.2) is 75.7 Å². The van der Waals surface area contributed by atoms with Crippen LogP contribution in [0.25, 0.3) is 11.4 Å². The van der Waals surface area contributed by atoms with Gasteiger partial charge in [-0.15, -0.1) is 10.2 Å². The molecule has 0 spiro atoms. The van der Waals surface area contributed by atoms with Gasteiger partial charge < -0.3 is 19.3 Å². The Morgan fingerprint density at radius 1 is 1.09 bits per heavy atom. The summed E-state index contributed by atoms with van der Waals surface area (Å²) in [6.45, 7) is 6.70. The van der Waals surface area contributed by atoms with Gasteiger partial charge in [-0.2, -0.15) is 0 Å². The second-order valence-electron chi connectivity index (χ2n) is 9.73. The number of fused-ring (bicyclic) bond motifs is 1. The number of aryl methyl sites for hydroxylation is 2. The Morgan fingerprint density at radius 2 is 1.91 bits per heavy atom. The summed E-state index contributed by atoms with van der Waals surface area (Å²) in [6, 6.07) is 12.6. The average molecular weight is 460 g/mol. The second-order valence-corrected chi connectivity index (χ2v) is 9.73. The largest absolute Gasteiger partial charge is 0.353 e. The minimum absolute atomic E-state index is 0.0259. The Kier molecular flexibility index (Phi) is 6.32. The second kappa shape index (κ2) is 9.54. The van der Waals surface area contributed by atoms with Crippen LogP contribution in [-0.2, 0) is 24.3 Å². The summed E-state index contributed by atoms with van der Waals surface area (Å²) in [5, 5.41) is 8.86. The fourth-order valence-electron chi connectivity index (χ4n) is 5.00. The number of carbonyl (C=O) groups excluding carboxylic acids is 1. The molecule has 8 nitrogen and oxygen atoms in total. The number of benzene rings is 1. The Balaban J connectivity index is 1.21. The number of nitrogens with zero attached hydrogens (tertiary/aromatic N) is 7. The molecule has 178 valence electrons. The molecular formula is C26H33N7O. The lowest BCUT2D eigenvalue weighted by Crippen LogP contribution is -2.51. The van der Waals surface area contributed by atoms with Crippen molar-refractivity contribution in [1.82, 2.24) is 29.5 Å². The zero-order valence-corrected chi connectivity index (χ0v) is 20.3. The van der Waals surface area contributed by atoms with E-state index in [4.69, 9.17) is 0 Å². The molecule has 1 atom stereocenters. The predicted molar refractivity (Wildman–Crippen MR) is 132 cm³/mol. The Bertz CT molecular complexity index is 1150. The van der Waals surface area contributed by atoms with Crippen LogP contribution >= 0.6 is 0 Å². The molecule has 0 radical (unpaired) electrons. The molecule has 1 saturated heterocycles. The lowest BCUT2D eigenvalue weighted by Gasteiger charge is -2.37. The molecule has 2 aliphatic heterocycles. The summed E-state index contributed by atoms with van der Waals surface area (Å²) in [6.07, 6.45) is 3.58. The number of rotatable bonds is 5. The summed E-state index contributed by atoms with van der Waals surface area (Å²) in [7, 11) is 4.12. The van der Waals surface area contributed by atoms with Gasteiger partial charge in [-0.3, -0.25) is 4.79 Å². The van der Waals surface area contributed by atoms with E-state index < -0.39 is 0 Å². The first kappa shape index (κ1) is 22.5. The molecule has 2 aliphatic rings. The van der Waals surface area contributed by atoms with Gasteiger partial charge in [-0.1, -0.05) is 29.8 Å². The maximum Gasteiger partial charge on any atom is 0.227 e. The van der Waals surface area contributed by atoms with Crippen LogP contribution in [0.15, 0.2) is 42.6 Å². The Morgan fingerprint density at radius 3 is 2.62 bits per heavy atom. The molecule has 1 fully saturated rings. The van der Waals surface area contributed by atoms with Crippen LogP contribution in [0.4, 0.5) is 5.82 Å². The Hall–Kier alpha value is -3.26. The molecule has 1 amide bonds. The molecule has 3 aromatic rings.